The minimum atomic E-state index is -0.870. The number of carbonyl (C=O) groups excluding carboxylic acids is 2. The van der Waals surface area contributed by atoms with Gasteiger partial charge in [-0.25, -0.2) is 24.7 Å². The standard InChI is InChI=1S/C27H29N9O4/c1-4-19(37)13-35-25(39)22-23(33(3)27(35)40)30-14-36(22)15(2)24(38)32-21-7-5-6-20(31-21)18-9-28-26(29-10-18)34-11-16-8-17(16)12-34/h5-7,9-10,14-17H,4,8,11-13H2,1-3H3,(H,31,32,38). The molecule has 206 valence electrons. The summed E-state index contributed by atoms with van der Waals surface area (Å²) in [6, 6.07) is 4.38. The van der Waals surface area contributed by atoms with Crippen molar-refractivity contribution in [2.45, 2.75) is 39.3 Å². The van der Waals surface area contributed by atoms with Crippen molar-refractivity contribution in [1.29, 1.82) is 0 Å². The molecule has 0 spiro atoms. The molecule has 3 unspecified atom stereocenters. The highest BCUT2D eigenvalue weighted by atomic mass is 16.2. The van der Waals surface area contributed by atoms with Crippen molar-refractivity contribution >= 4 is 34.6 Å². The Labute approximate surface area is 228 Å². The van der Waals surface area contributed by atoms with E-state index in [0.717, 1.165) is 41.0 Å². The van der Waals surface area contributed by atoms with Gasteiger partial charge in [0.25, 0.3) is 5.56 Å². The summed E-state index contributed by atoms with van der Waals surface area (Å²) in [4.78, 5) is 71.2. The van der Waals surface area contributed by atoms with Gasteiger partial charge in [0.2, 0.25) is 11.9 Å². The van der Waals surface area contributed by atoms with Gasteiger partial charge in [-0.1, -0.05) is 13.0 Å². The molecule has 1 aliphatic carbocycles. The van der Waals surface area contributed by atoms with Crippen LogP contribution in [-0.4, -0.2) is 58.4 Å². The van der Waals surface area contributed by atoms with Crippen LogP contribution in [0, 0.1) is 11.8 Å². The highest BCUT2D eigenvalue weighted by Crippen LogP contribution is 2.45. The first-order valence-electron chi connectivity index (χ1n) is 13.3. The van der Waals surface area contributed by atoms with Crippen molar-refractivity contribution in [3.05, 3.63) is 57.8 Å². The van der Waals surface area contributed by atoms with Gasteiger partial charge in [0, 0.05) is 44.5 Å². The maximum atomic E-state index is 13.2. The quantitative estimate of drug-likeness (QED) is 0.348. The molecule has 3 atom stereocenters. The van der Waals surface area contributed by atoms with E-state index in [9.17, 15) is 19.2 Å². The Morgan fingerprint density at radius 1 is 1.10 bits per heavy atom. The number of Topliss-reactive ketones (excluding diaryl/α,β-unsaturated/α-hetero) is 1. The summed E-state index contributed by atoms with van der Waals surface area (Å²) < 4.78 is 3.48. The summed E-state index contributed by atoms with van der Waals surface area (Å²) in [5.74, 6) is 1.91. The Morgan fingerprint density at radius 2 is 1.82 bits per heavy atom. The third-order valence-corrected chi connectivity index (χ3v) is 7.78. The van der Waals surface area contributed by atoms with Crippen LogP contribution in [0.15, 0.2) is 46.5 Å². The van der Waals surface area contributed by atoms with E-state index in [0.29, 0.717) is 11.5 Å². The molecule has 1 N–H and O–H groups in total. The van der Waals surface area contributed by atoms with Crippen molar-refractivity contribution in [3.63, 3.8) is 0 Å². The van der Waals surface area contributed by atoms with E-state index >= 15 is 0 Å². The third kappa shape index (κ3) is 4.46. The number of nitrogens with one attached hydrogen (secondary N) is 1. The minimum absolute atomic E-state index is 0.0582. The van der Waals surface area contributed by atoms with E-state index in [-0.39, 0.29) is 29.9 Å². The molecule has 1 saturated carbocycles. The van der Waals surface area contributed by atoms with Gasteiger partial charge in [-0.05, 0) is 37.3 Å². The first-order chi connectivity index (χ1) is 19.2. The Bertz CT molecular complexity index is 1740. The summed E-state index contributed by atoms with van der Waals surface area (Å²) >= 11 is 0. The van der Waals surface area contributed by atoms with Crippen LogP contribution in [0.3, 0.4) is 0 Å². The fraction of sp³-hybridized carbons (Fsp3) is 0.407. The largest absolute Gasteiger partial charge is 0.340 e. The zero-order valence-corrected chi connectivity index (χ0v) is 22.4. The fourth-order valence-corrected chi connectivity index (χ4v) is 5.21. The number of anilines is 2. The predicted molar refractivity (Wildman–Crippen MR) is 147 cm³/mol. The summed E-state index contributed by atoms with van der Waals surface area (Å²) in [7, 11) is 1.47. The van der Waals surface area contributed by atoms with Crippen LogP contribution in [0.25, 0.3) is 22.4 Å². The van der Waals surface area contributed by atoms with Crippen LogP contribution >= 0.6 is 0 Å². The van der Waals surface area contributed by atoms with Gasteiger partial charge in [0.05, 0.1) is 18.6 Å². The molecule has 4 aromatic heterocycles. The molecule has 13 heteroatoms. The van der Waals surface area contributed by atoms with Crippen molar-refractivity contribution in [3.8, 4) is 11.3 Å². The van der Waals surface area contributed by atoms with Crippen molar-refractivity contribution in [2.24, 2.45) is 18.9 Å². The fourth-order valence-electron chi connectivity index (χ4n) is 5.21. The van der Waals surface area contributed by atoms with E-state index in [2.05, 4.69) is 30.2 Å². The van der Waals surface area contributed by atoms with Crippen LogP contribution in [0.4, 0.5) is 11.8 Å². The smallest absolute Gasteiger partial charge is 0.332 e. The predicted octanol–water partition coefficient (Wildman–Crippen LogP) is 1.38. The monoisotopic (exact) mass is 543 g/mol. The number of amides is 1. The van der Waals surface area contributed by atoms with Crippen LogP contribution < -0.4 is 21.5 Å². The number of ketones is 1. The van der Waals surface area contributed by atoms with Crippen LogP contribution in [-0.2, 0) is 23.2 Å². The van der Waals surface area contributed by atoms with Gasteiger partial charge in [-0.2, -0.15) is 0 Å². The summed E-state index contributed by atoms with van der Waals surface area (Å²) in [5.41, 5.74) is 0.198. The van der Waals surface area contributed by atoms with E-state index in [1.807, 2.05) is 6.07 Å². The van der Waals surface area contributed by atoms with E-state index in [4.69, 9.17) is 0 Å². The van der Waals surface area contributed by atoms with Gasteiger partial charge in [-0.15, -0.1) is 0 Å². The average Bonchev–Trinajstić information content (AvgIpc) is 3.35. The summed E-state index contributed by atoms with van der Waals surface area (Å²) in [6.45, 7) is 4.95. The number of nitrogens with zero attached hydrogens (tertiary/aromatic N) is 8. The Balaban J connectivity index is 1.22. The van der Waals surface area contributed by atoms with Crippen LogP contribution in [0.5, 0.6) is 0 Å². The lowest BCUT2D eigenvalue weighted by Crippen LogP contribution is -2.41. The maximum absolute atomic E-state index is 13.2. The molecule has 1 amide bonds. The second-order valence-corrected chi connectivity index (χ2v) is 10.5. The van der Waals surface area contributed by atoms with Gasteiger partial charge in [0.15, 0.2) is 16.9 Å². The molecule has 1 saturated heterocycles. The van der Waals surface area contributed by atoms with Gasteiger partial charge < -0.3 is 14.8 Å². The molecule has 1 aliphatic heterocycles. The maximum Gasteiger partial charge on any atom is 0.332 e. The highest BCUT2D eigenvalue weighted by Gasteiger charge is 2.45. The zero-order valence-electron chi connectivity index (χ0n) is 22.4. The topological polar surface area (TPSA) is 150 Å². The number of imidazole rings is 1. The number of aromatic nitrogens is 7. The molecule has 4 aromatic rings. The molecule has 0 radical (unpaired) electrons. The lowest BCUT2D eigenvalue weighted by Gasteiger charge is -2.17. The van der Waals surface area contributed by atoms with Crippen molar-refractivity contribution < 1.29 is 9.59 Å². The number of pyridine rings is 1. The number of rotatable bonds is 8. The third-order valence-electron chi connectivity index (χ3n) is 7.78. The van der Waals surface area contributed by atoms with E-state index < -0.39 is 23.2 Å². The number of piperidine rings is 1. The average molecular weight is 544 g/mol. The molecule has 5 heterocycles. The van der Waals surface area contributed by atoms with Crippen molar-refractivity contribution in [1.82, 2.24) is 33.6 Å². The van der Waals surface area contributed by atoms with Gasteiger partial charge in [0.1, 0.15) is 11.9 Å². The number of carbonyl (C=O) groups is 2. The molecular formula is C27H29N9O4. The van der Waals surface area contributed by atoms with Crippen molar-refractivity contribution in [2.75, 3.05) is 23.3 Å². The van der Waals surface area contributed by atoms with E-state index in [1.54, 1.807) is 38.4 Å². The molecule has 0 bridgehead atoms. The number of aryl methyl sites for hydroxylation is 1. The van der Waals surface area contributed by atoms with Crippen LogP contribution in [0.1, 0.15) is 32.7 Å². The Morgan fingerprint density at radius 3 is 2.52 bits per heavy atom. The van der Waals surface area contributed by atoms with Crippen LogP contribution in [0.2, 0.25) is 0 Å². The van der Waals surface area contributed by atoms with E-state index in [1.165, 1.54) is 28.9 Å². The SMILES string of the molecule is CCC(=O)Cn1c(=O)c2c(ncn2C(C)C(=O)Nc2cccc(-c3cnc(N4CC5CC5C4)nc3)n2)n(C)c1=O. The first-order valence-corrected chi connectivity index (χ1v) is 13.3. The number of hydrogen-bond donors (Lipinski definition) is 1. The molecule has 40 heavy (non-hydrogen) atoms. The Hall–Kier alpha value is -4.68. The van der Waals surface area contributed by atoms with Gasteiger partial charge in [-0.3, -0.25) is 23.5 Å². The normalized spacial score (nSPS) is 18.5. The lowest BCUT2D eigenvalue weighted by atomic mass is 10.2. The second-order valence-electron chi connectivity index (χ2n) is 10.5. The molecule has 2 fully saturated rings. The first kappa shape index (κ1) is 25.6. The molecular weight excluding hydrogens is 514 g/mol. The minimum Gasteiger partial charge on any atom is -0.340 e. The summed E-state index contributed by atoms with van der Waals surface area (Å²) in [5, 5.41) is 2.79. The summed E-state index contributed by atoms with van der Waals surface area (Å²) in [6.07, 6.45) is 6.31. The number of hydrogen-bond acceptors (Lipinski definition) is 9. The molecule has 2 aliphatic rings. The lowest BCUT2D eigenvalue weighted by molar-refractivity contribution is -0.120. The molecule has 0 aromatic carbocycles. The zero-order chi connectivity index (χ0) is 28.1. The molecule has 6 rings (SSSR count). The second kappa shape index (κ2) is 9.81. The number of fused-ring (bicyclic) bond motifs is 2. The Kier molecular flexibility index (Phi) is 6.28. The highest BCUT2D eigenvalue weighted by molar-refractivity contribution is 5.93. The van der Waals surface area contributed by atoms with Gasteiger partial charge >= 0.3 is 5.69 Å². The molecule has 13 nitrogen and oxygen atoms in total.